The summed E-state index contributed by atoms with van der Waals surface area (Å²) in [5.41, 5.74) is 7.60. The van der Waals surface area contributed by atoms with Crippen LogP contribution in [-0.2, 0) is 22.6 Å². The van der Waals surface area contributed by atoms with E-state index in [1.807, 2.05) is 44.2 Å². The summed E-state index contributed by atoms with van der Waals surface area (Å²) in [7, 11) is 1.61. The highest BCUT2D eigenvalue weighted by Crippen LogP contribution is 2.12. The molecule has 1 aromatic carbocycles. The highest BCUT2D eigenvalue weighted by atomic mass is 16.5. The van der Waals surface area contributed by atoms with Crippen LogP contribution in [0, 0.1) is 13.8 Å². The maximum absolute atomic E-state index is 11.8. The molecule has 0 aliphatic rings. The van der Waals surface area contributed by atoms with Crippen LogP contribution in [0.2, 0.25) is 0 Å². The van der Waals surface area contributed by atoms with E-state index in [1.54, 1.807) is 11.8 Å². The molecule has 7 nitrogen and oxygen atoms in total. The molecule has 2 aromatic rings. The predicted octanol–water partition coefficient (Wildman–Crippen LogP) is 1.29. The van der Waals surface area contributed by atoms with Gasteiger partial charge in [0.15, 0.2) is 0 Å². The van der Waals surface area contributed by atoms with Gasteiger partial charge in [-0.2, -0.15) is 5.10 Å². The van der Waals surface area contributed by atoms with Crippen LogP contribution in [0.3, 0.4) is 0 Å². The molecule has 0 saturated heterocycles. The Morgan fingerprint density at radius 2 is 1.79 bits per heavy atom. The molecule has 24 heavy (non-hydrogen) atoms. The molecule has 0 fully saturated rings. The lowest BCUT2D eigenvalue weighted by molar-refractivity contribution is -0.129. The SMILES string of the molecule is COc1ccc(CCC(=O)NNC(=O)Cn2nc(C)cc2C)cc1. The second-order valence-corrected chi connectivity index (χ2v) is 5.53. The highest BCUT2D eigenvalue weighted by Gasteiger charge is 2.08. The number of nitrogens with one attached hydrogen (secondary N) is 2. The first kappa shape index (κ1) is 17.5. The van der Waals surface area contributed by atoms with Gasteiger partial charge in [0.25, 0.3) is 5.91 Å². The maximum atomic E-state index is 11.8. The standard InChI is InChI=1S/C17H22N4O3/c1-12-10-13(2)21(20-12)11-17(23)19-18-16(22)9-6-14-4-7-15(24-3)8-5-14/h4-5,7-8,10H,6,9,11H2,1-3H3,(H,18,22)(H,19,23). The minimum Gasteiger partial charge on any atom is -0.497 e. The zero-order chi connectivity index (χ0) is 17.5. The Morgan fingerprint density at radius 3 is 2.38 bits per heavy atom. The summed E-state index contributed by atoms with van der Waals surface area (Å²) < 4.78 is 6.68. The van der Waals surface area contributed by atoms with Gasteiger partial charge in [0.05, 0.1) is 12.8 Å². The van der Waals surface area contributed by atoms with Crippen LogP contribution in [0.4, 0.5) is 0 Å². The fourth-order valence-electron chi connectivity index (χ4n) is 2.26. The number of amides is 2. The number of carbonyl (C=O) groups is 2. The molecular formula is C17H22N4O3. The van der Waals surface area contributed by atoms with E-state index in [0.717, 1.165) is 22.7 Å². The fourth-order valence-corrected chi connectivity index (χ4v) is 2.26. The zero-order valence-corrected chi connectivity index (χ0v) is 14.1. The van der Waals surface area contributed by atoms with Crippen molar-refractivity contribution in [2.75, 3.05) is 7.11 Å². The van der Waals surface area contributed by atoms with E-state index in [4.69, 9.17) is 4.74 Å². The monoisotopic (exact) mass is 330 g/mol. The maximum Gasteiger partial charge on any atom is 0.260 e. The smallest absolute Gasteiger partial charge is 0.260 e. The Balaban J connectivity index is 1.72. The van der Waals surface area contributed by atoms with Crippen LogP contribution in [0.1, 0.15) is 23.4 Å². The molecule has 7 heteroatoms. The molecule has 2 N–H and O–H groups in total. The molecule has 0 aliphatic heterocycles. The van der Waals surface area contributed by atoms with Crippen molar-refractivity contribution in [1.82, 2.24) is 20.6 Å². The van der Waals surface area contributed by atoms with Gasteiger partial charge in [-0.15, -0.1) is 0 Å². The van der Waals surface area contributed by atoms with Gasteiger partial charge < -0.3 is 4.74 Å². The lowest BCUT2D eigenvalue weighted by Gasteiger charge is -2.08. The Hall–Kier alpha value is -2.83. The van der Waals surface area contributed by atoms with Gasteiger partial charge in [0.2, 0.25) is 5.91 Å². The van der Waals surface area contributed by atoms with E-state index in [-0.39, 0.29) is 24.8 Å². The first-order valence-electron chi connectivity index (χ1n) is 7.69. The van der Waals surface area contributed by atoms with Crippen molar-refractivity contribution < 1.29 is 14.3 Å². The molecule has 0 aliphatic carbocycles. The van der Waals surface area contributed by atoms with Crippen molar-refractivity contribution in [3.63, 3.8) is 0 Å². The van der Waals surface area contributed by atoms with E-state index in [2.05, 4.69) is 16.0 Å². The summed E-state index contributed by atoms with van der Waals surface area (Å²) in [5.74, 6) is 0.214. The van der Waals surface area contributed by atoms with Gasteiger partial charge in [-0.1, -0.05) is 12.1 Å². The van der Waals surface area contributed by atoms with Gasteiger partial charge in [-0.3, -0.25) is 25.1 Å². The van der Waals surface area contributed by atoms with Gasteiger partial charge >= 0.3 is 0 Å². The first-order valence-corrected chi connectivity index (χ1v) is 7.69. The minimum atomic E-state index is -0.320. The second kappa shape index (κ2) is 8.14. The summed E-state index contributed by atoms with van der Waals surface area (Å²) in [6.45, 7) is 3.81. The van der Waals surface area contributed by atoms with E-state index >= 15 is 0 Å². The Labute approximate surface area is 141 Å². The van der Waals surface area contributed by atoms with Crippen LogP contribution in [-0.4, -0.2) is 28.7 Å². The summed E-state index contributed by atoms with van der Waals surface area (Å²) in [4.78, 5) is 23.6. The number of methoxy groups -OCH3 is 1. The summed E-state index contributed by atoms with van der Waals surface area (Å²) >= 11 is 0. The van der Waals surface area contributed by atoms with E-state index in [0.29, 0.717) is 6.42 Å². The van der Waals surface area contributed by atoms with Crippen LogP contribution in [0.25, 0.3) is 0 Å². The Bertz CT molecular complexity index is 707. The van der Waals surface area contributed by atoms with Crippen LogP contribution >= 0.6 is 0 Å². The first-order chi connectivity index (χ1) is 11.5. The number of rotatable bonds is 6. The molecule has 1 heterocycles. The quantitative estimate of drug-likeness (QED) is 0.782. The van der Waals surface area contributed by atoms with Gasteiger partial charge in [-0.25, -0.2) is 0 Å². The molecule has 2 amide bonds. The Morgan fingerprint density at radius 1 is 1.12 bits per heavy atom. The largest absolute Gasteiger partial charge is 0.497 e. The highest BCUT2D eigenvalue weighted by molar-refractivity contribution is 5.81. The number of ether oxygens (including phenoxy) is 1. The lowest BCUT2D eigenvalue weighted by Crippen LogP contribution is -2.43. The van der Waals surface area contributed by atoms with Gasteiger partial charge in [0.1, 0.15) is 12.3 Å². The lowest BCUT2D eigenvalue weighted by atomic mass is 10.1. The van der Waals surface area contributed by atoms with Crippen LogP contribution in [0.15, 0.2) is 30.3 Å². The number of aryl methyl sites for hydroxylation is 3. The van der Waals surface area contributed by atoms with Gasteiger partial charge in [0, 0.05) is 12.1 Å². The predicted molar refractivity (Wildman–Crippen MR) is 89.3 cm³/mol. The molecule has 0 saturated carbocycles. The van der Waals surface area contributed by atoms with E-state index in [9.17, 15) is 9.59 Å². The molecule has 0 spiro atoms. The van der Waals surface area contributed by atoms with Crippen molar-refractivity contribution in [3.8, 4) is 5.75 Å². The summed E-state index contributed by atoms with van der Waals surface area (Å²) in [6, 6.07) is 9.41. The third-order valence-corrected chi connectivity index (χ3v) is 3.54. The summed E-state index contributed by atoms with van der Waals surface area (Å²) in [5, 5.41) is 4.20. The number of nitrogens with zero attached hydrogens (tertiary/aromatic N) is 2. The number of aromatic nitrogens is 2. The molecule has 2 rings (SSSR count). The van der Waals surface area contributed by atoms with E-state index in [1.165, 1.54) is 0 Å². The van der Waals surface area contributed by atoms with Crippen LogP contribution in [0.5, 0.6) is 5.75 Å². The summed E-state index contributed by atoms with van der Waals surface area (Å²) in [6.07, 6.45) is 0.871. The second-order valence-electron chi connectivity index (χ2n) is 5.53. The Kier molecular flexibility index (Phi) is 5.95. The normalized spacial score (nSPS) is 10.3. The van der Waals surface area contributed by atoms with Crippen molar-refractivity contribution >= 4 is 11.8 Å². The third-order valence-electron chi connectivity index (χ3n) is 3.54. The zero-order valence-electron chi connectivity index (χ0n) is 14.1. The van der Waals surface area contributed by atoms with Crippen molar-refractivity contribution in [2.24, 2.45) is 0 Å². The molecular weight excluding hydrogens is 308 g/mol. The number of hydrogen-bond acceptors (Lipinski definition) is 4. The molecule has 1 aromatic heterocycles. The minimum absolute atomic E-state index is 0.0679. The average molecular weight is 330 g/mol. The van der Waals surface area contributed by atoms with E-state index < -0.39 is 0 Å². The third kappa shape index (κ3) is 5.12. The average Bonchev–Trinajstić information content (AvgIpc) is 2.88. The molecule has 0 radical (unpaired) electrons. The topological polar surface area (TPSA) is 85.3 Å². The number of hydrazine groups is 1. The van der Waals surface area contributed by atoms with Gasteiger partial charge in [-0.05, 0) is 44.0 Å². The molecule has 128 valence electrons. The molecule has 0 bridgehead atoms. The molecule has 0 unspecified atom stereocenters. The van der Waals surface area contributed by atoms with Crippen molar-refractivity contribution in [3.05, 3.63) is 47.3 Å². The van der Waals surface area contributed by atoms with Crippen molar-refractivity contribution in [1.29, 1.82) is 0 Å². The van der Waals surface area contributed by atoms with Crippen LogP contribution < -0.4 is 15.6 Å². The fraction of sp³-hybridized carbons (Fsp3) is 0.353. The number of benzene rings is 1. The number of hydrogen-bond donors (Lipinski definition) is 2. The molecule has 0 atom stereocenters. The van der Waals surface area contributed by atoms with Crippen molar-refractivity contribution in [2.45, 2.75) is 33.2 Å². The number of carbonyl (C=O) groups excluding carboxylic acids is 2.